The number of thioether (sulfide) groups is 1. The van der Waals surface area contributed by atoms with Gasteiger partial charge in [0.15, 0.2) is 0 Å². The monoisotopic (exact) mass is 362 g/mol. The summed E-state index contributed by atoms with van der Waals surface area (Å²) in [7, 11) is 0. The van der Waals surface area contributed by atoms with Crippen LogP contribution in [0.25, 0.3) is 0 Å². The molecule has 2 heterocycles. The molecule has 1 fully saturated rings. The van der Waals surface area contributed by atoms with Gasteiger partial charge in [0, 0.05) is 11.4 Å². The lowest BCUT2D eigenvalue weighted by atomic mass is 10.1. The van der Waals surface area contributed by atoms with Crippen LogP contribution in [0.1, 0.15) is 31.1 Å². The Bertz CT molecular complexity index is 655. The number of piperidine rings is 1. The molecule has 0 saturated carbocycles. The van der Waals surface area contributed by atoms with Gasteiger partial charge in [0.2, 0.25) is 5.91 Å². The van der Waals surface area contributed by atoms with E-state index in [1.807, 2.05) is 12.1 Å². The van der Waals surface area contributed by atoms with E-state index < -0.39 is 0 Å². The van der Waals surface area contributed by atoms with Crippen LogP contribution in [-0.2, 0) is 4.79 Å². The Morgan fingerprint density at radius 1 is 1.20 bits per heavy atom. The summed E-state index contributed by atoms with van der Waals surface area (Å²) < 4.78 is 18.5. The molecule has 6 heteroatoms. The standard InChI is InChI=1S/C19H23FN2O2S/c20-15-6-8-16(9-7-15)25-14-19(23)21-13-17(18-5-4-12-24-18)22-10-2-1-3-11-22/h4-9,12,17H,1-3,10-11,13-14H2,(H,21,23). The number of hydrogen-bond acceptors (Lipinski definition) is 4. The van der Waals surface area contributed by atoms with Crippen molar-refractivity contribution < 1.29 is 13.6 Å². The quantitative estimate of drug-likeness (QED) is 0.760. The Kier molecular flexibility index (Phi) is 6.53. The summed E-state index contributed by atoms with van der Waals surface area (Å²) in [5, 5.41) is 3.01. The summed E-state index contributed by atoms with van der Waals surface area (Å²) in [6.07, 6.45) is 5.32. The highest BCUT2D eigenvalue weighted by Crippen LogP contribution is 2.24. The predicted molar refractivity (Wildman–Crippen MR) is 97.0 cm³/mol. The second-order valence-electron chi connectivity index (χ2n) is 6.17. The maximum atomic E-state index is 12.9. The van der Waals surface area contributed by atoms with E-state index in [1.54, 1.807) is 18.4 Å². The van der Waals surface area contributed by atoms with Gasteiger partial charge < -0.3 is 9.73 Å². The van der Waals surface area contributed by atoms with Crippen molar-refractivity contribution in [2.75, 3.05) is 25.4 Å². The van der Waals surface area contributed by atoms with E-state index in [4.69, 9.17) is 4.42 Å². The summed E-state index contributed by atoms with van der Waals surface area (Å²) in [6, 6.07) is 10.1. The zero-order chi connectivity index (χ0) is 17.5. The van der Waals surface area contributed by atoms with E-state index in [2.05, 4.69) is 10.2 Å². The highest BCUT2D eigenvalue weighted by Gasteiger charge is 2.24. The van der Waals surface area contributed by atoms with E-state index >= 15 is 0 Å². The minimum absolute atomic E-state index is 0.0251. The number of hydrogen-bond donors (Lipinski definition) is 1. The van der Waals surface area contributed by atoms with Crippen LogP contribution < -0.4 is 5.32 Å². The van der Waals surface area contributed by atoms with Gasteiger partial charge in [0.05, 0.1) is 18.1 Å². The summed E-state index contributed by atoms with van der Waals surface area (Å²) in [5.74, 6) is 0.921. The fourth-order valence-electron chi connectivity index (χ4n) is 3.06. The molecule has 0 bridgehead atoms. The predicted octanol–water partition coefficient (Wildman–Crippen LogP) is 3.85. The van der Waals surface area contributed by atoms with Gasteiger partial charge in [-0.25, -0.2) is 4.39 Å². The van der Waals surface area contributed by atoms with Crippen LogP contribution in [0.15, 0.2) is 52.0 Å². The molecule has 1 atom stereocenters. The molecular weight excluding hydrogens is 339 g/mol. The van der Waals surface area contributed by atoms with Crippen molar-refractivity contribution in [2.45, 2.75) is 30.2 Å². The molecule has 0 spiro atoms. The Morgan fingerprint density at radius 2 is 1.96 bits per heavy atom. The molecule has 1 saturated heterocycles. The van der Waals surface area contributed by atoms with E-state index in [1.165, 1.54) is 43.2 Å². The average molecular weight is 362 g/mol. The zero-order valence-electron chi connectivity index (χ0n) is 14.1. The number of halogens is 1. The van der Waals surface area contributed by atoms with Crippen molar-refractivity contribution in [1.82, 2.24) is 10.2 Å². The maximum Gasteiger partial charge on any atom is 0.230 e. The number of carbonyl (C=O) groups is 1. The molecule has 1 aliphatic heterocycles. The number of carbonyl (C=O) groups excluding carboxylic acids is 1. The van der Waals surface area contributed by atoms with E-state index in [0.717, 1.165) is 23.7 Å². The Balaban J connectivity index is 1.51. The lowest BCUT2D eigenvalue weighted by Gasteiger charge is -2.33. The molecule has 1 N–H and O–H groups in total. The van der Waals surface area contributed by atoms with Crippen molar-refractivity contribution in [3.8, 4) is 0 Å². The van der Waals surface area contributed by atoms with Gasteiger partial charge in [-0.3, -0.25) is 9.69 Å². The average Bonchev–Trinajstić information content (AvgIpc) is 3.17. The highest BCUT2D eigenvalue weighted by molar-refractivity contribution is 8.00. The largest absolute Gasteiger partial charge is 0.468 e. The number of benzene rings is 1. The van der Waals surface area contributed by atoms with Crippen molar-refractivity contribution in [2.24, 2.45) is 0 Å². The summed E-state index contributed by atoms with van der Waals surface area (Å²) in [5.41, 5.74) is 0. The van der Waals surface area contributed by atoms with Gasteiger partial charge in [-0.05, 0) is 62.3 Å². The first-order valence-corrected chi connectivity index (χ1v) is 9.63. The third kappa shape index (κ3) is 5.34. The molecule has 25 heavy (non-hydrogen) atoms. The number of nitrogens with one attached hydrogen (secondary N) is 1. The van der Waals surface area contributed by atoms with Crippen LogP contribution in [0.2, 0.25) is 0 Å². The lowest BCUT2D eigenvalue weighted by Crippen LogP contribution is -2.40. The van der Waals surface area contributed by atoms with E-state index in [0.29, 0.717) is 12.3 Å². The van der Waals surface area contributed by atoms with Crippen molar-refractivity contribution in [3.63, 3.8) is 0 Å². The van der Waals surface area contributed by atoms with Gasteiger partial charge >= 0.3 is 0 Å². The number of likely N-dealkylation sites (tertiary alicyclic amines) is 1. The zero-order valence-corrected chi connectivity index (χ0v) is 14.9. The van der Waals surface area contributed by atoms with Gasteiger partial charge in [0.1, 0.15) is 11.6 Å². The number of rotatable bonds is 7. The molecule has 4 nitrogen and oxygen atoms in total. The molecule has 1 unspecified atom stereocenters. The van der Waals surface area contributed by atoms with Gasteiger partial charge in [-0.2, -0.15) is 0 Å². The molecule has 1 aromatic heterocycles. The summed E-state index contributed by atoms with van der Waals surface area (Å²) >= 11 is 1.41. The molecule has 134 valence electrons. The molecule has 2 aromatic rings. The molecule has 0 aliphatic carbocycles. The van der Waals surface area contributed by atoms with E-state index in [-0.39, 0.29) is 17.8 Å². The first kappa shape index (κ1) is 18.0. The Morgan fingerprint density at radius 3 is 2.64 bits per heavy atom. The number of furan rings is 1. The maximum absolute atomic E-state index is 12.9. The van der Waals surface area contributed by atoms with Crippen LogP contribution in [0.3, 0.4) is 0 Å². The summed E-state index contributed by atoms with van der Waals surface area (Å²) in [4.78, 5) is 15.5. The SMILES string of the molecule is O=C(CSc1ccc(F)cc1)NCC(c1ccco1)N1CCCCC1. The highest BCUT2D eigenvalue weighted by atomic mass is 32.2. The fraction of sp³-hybridized carbons (Fsp3) is 0.421. The minimum Gasteiger partial charge on any atom is -0.468 e. The van der Waals surface area contributed by atoms with Gasteiger partial charge in [-0.15, -0.1) is 11.8 Å². The first-order chi connectivity index (χ1) is 12.2. The smallest absolute Gasteiger partial charge is 0.230 e. The van der Waals surface area contributed by atoms with Gasteiger partial charge in [-0.1, -0.05) is 6.42 Å². The fourth-order valence-corrected chi connectivity index (χ4v) is 3.79. The molecular formula is C19H23FN2O2S. The van der Waals surface area contributed by atoms with Crippen LogP contribution in [0.5, 0.6) is 0 Å². The molecule has 3 rings (SSSR count). The Labute approximate surface area is 151 Å². The first-order valence-electron chi connectivity index (χ1n) is 8.65. The van der Waals surface area contributed by atoms with Crippen LogP contribution >= 0.6 is 11.8 Å². The third-order valence-corrected chi connectivity index (χ3v) is 5.39. The topological polar surface area (TPSA) is 45.5 Å². The molecule has 0 radical (unpaired) electrons. The van der Waals surface area contributed by atoms with Crippen LogP contribution in [0, 0.1) is 5.82 Å². The van der Waals surface area contributed by atoms with Crippen LogP contribution in [0.4, 0.5) is 4.39 Å². The summed E-state index contributed by atoms with van der Waals surface area (Å²) in [6.45, 7) is 2.60. The van der Waals surface area contributed by atoms with Gasteiger partial charge in [0.25, 0.3) is 0 Å². The third-order valence-electron chi connectivity index (χ3n) is 4.38. The number of nitrogens with zero attached hydrogens (tertiary/aromatic N) is 1. The minimum atomic E-state index is -0.267. The van der Waals surface area contributed by atoms with Crippen LogP contribution in [-0.4, -0.2) is 36.2 Å². The second kappa shape index (κ2) is 9.06. The van der Waals surface area contributed by atoms with Crippen molar-refractivity contribution >= 4 is 17.7 Å². The van der Waals surface area contributed by atoms with Crippen molar-refractivity contribution in [1.29, 1.82) is 0 Å². The van der Waals surface area contributed by atoms with E-state index in [9.17, 15) is 9.18 Å². The molecule has 1 amide bonds. The Hall–Kier alpha value is -1.79. The lowest BCUT2D eigenvalue weighted by molar-refractivity contribution is -0.118. The second-order valence-corrected chi connectivity index (χ2v) is 7.22. The van der Waals surface area contributed by atoms with Crippen molar-refractivity contribution in [3.05, 3.63) is 54.2 Å². The number of amides is 1. The normalized spacial score (nSPS) is 16.5. The molecule has 1 aromatic carbocycles. The molecule has 1 aliphatic rings.